The van der Waals surface area contributed by atoms with Crippen molar-refractivity contribution in [1.82, 2.24) is 16.0 Å². The van der Waals surface area contributed by atoms with Crippen molar-refractivity contribution in [2.24, 2.45) is 5.92 Å². The third kappa shape index (κ3) is 8.57. The van der Waals surface area contributed by atoms with E-state index in [1.54, 1.807) is 12.1 Å². The zero-order valence-corrected chi connectivity index (χ0v) is 19.5. The molecule has 3 N–H and O–H groups in total. The molecule has 2 saturated heterocycles. The monoisotopic (exact) mass is 434 g/mol. The van der Waals surface area contributed by atoms with Crippen LogP contribution in [0.1, 0.15) is 52.5 Å². The summed E-state index contributed by atoms with van der Waals surface area (Å²) in [6.45, 7) is 12.8. The van der Waals surface area contributed by atoms with Gasteiger partial charge in [0.2, 0.25) is 5.91 Å². The Morgan fingerprint density at radius 2 is 1.84 bits per heavy atom. The maximum absolute atomic E-state index is 12.1. The van der Waals surface area contributed by atoms with E-state index in [9.17, 15) is 14.4 Å². The van der Waals surface area contributed by atoms with Crippen molar-refractivity contribution in [3.05, 3.63) is 23.8 Å². The van der Waals surface area contributed by atoms with Crippen molar-refractivity contribution in [2.45, 2.75) is 53.9 Å². The molecule has 0 radical (unpaired) electrons. The van der Waals surface area contributed by atoms with Gasteiger partial charge in [0.1, 0.15) is 5.75 Å². The molecule has 4 amide bonds. The number of piperidine rings is 1. The van der Waals surface area contributed by atoms with Gasteiger partial charge in [-0.2, -0.15) is 0 Å². The number of carbonyl (C=O) groups excluding carboxylic acids is 3. The molecular formula is C23H38N4O4. The van der Waals surface area contributed by atoms with Crippen molar-refractivity contribution in [3.63, 3.8) is 0 Å². The largest absolute Gasteiger partial charge is 0.484 e. The van der Waals surface area contributed by atoms with E-state index in [0.29, 0.717) is 30.4 Å². The summed E-state index contributed by atoms with van der Waals surface area (Å²) in [6.07, 6.45) is 2.40. The van der Waals surface area contributed by atoms with Crippen LogP contribution < -0.4 is 25.6 Å². The molecule has 1 aromatic carbocycles. The molecule has 0 atom stereocenters. The van der Waals surface area contributed by atoms with Gasteiger partial charge in [-0.05, 0) is 50.4 Å². The van der Waals surface area contributed by atoms with E-state index in [1.165, 1.54) is 4.90 Å². The van der Waals surface area contributed by atoms with Crippen LogP contribution in [0.2, 0.25) is 0 Å². The molecule has 2 heterocycles. The van der Waals surface area contributed by atoms with E-state index in [0.717, 1.165) is 31.5 Å². The number of hydrogen-bond acceptors (Lipinski definition) is 5. The number of anilines is 1. The molecule has 0 aromatic heterocycles. The SMILES string of the molecule is CC.CC.Cc1ccc(OCC(=O)NCC2CCNCC2)cc1N1CCC(=O)NC1=O. The highest BCUT2D eigenvalue weighted by Gasteiger charge is 2.25. The summed E-state index contributed by atoms with van der Waals surface area (Å²) in [5.74, 6) is 0.600. The van der Waals surface area contributed by atoms with Crippen LogP contribution >= 0.6 is 0 Å². The molecule has 0 saturated carbocycles. The van der Waals surface area contributed by atoms with Crippen molar-refractivity contribution in [2.75, 3.05) is 37.7 Å². The third-order valence-electron chi connectivity index (χ3n) is 4.94. The fourth-order valence-electron chi connectivity index (χ4n) is 3.31. The fourth-order valence-corrected chi connectivity index (χ4v) is 3.31. The zero-order valence-electron chi connectivity index (χ0n) is 19.5. The number of aryl methyl sites for hydroxylation is 1. The molecule has 8 nitrogen and oxygen atoms in total. The second kappa shape index (κ2) is 14.4. The Morgan fingerprint density at radius 1 is 1.16 bits per heavy atom. The summed E-state index contributed by atoms with van der Waals surface area (Å²) in [6, 6.07) is 4.89. The Labute approximate surface area is 186 Å². The number of amides is 4. The molecule has 3 rings (SSSR count). The van der Waals surface area contributed by atoms with Gasteiger partial charge >= 0.3 is 6.03 Å². The molecule has 2 fully saturated rings. The summed E-state index contributed by atoms with van der Waals surface area (Å²) in [4.78, 5) is 36.9. The number of carbonyl (C=O) groups is 3. The summed E-state index contributed by atoms with van der Waals surface area (Å²) >= 11 is 0. The average molecular weight is 435 g/mol. The van der Waals surface area contributed by atoms with Crippen LogP contribution in [0.25, 0.3) is 0 Å². The van der Waals surface area contributed by atoms with E-state index in [1.807, 2.05) is 40.7 Å². The molecule has 0 bridgehead atoms. The van der Waals surface area contributed by atoms with E-state index >= 15 is 0 Å². The Bertz CT molecular complexity index is 718. The molecule has 8 heteroatoms. The molecule has 0 unspecified atom stereocenters. The highest BCUT2D eigenvalue weighted by atomic mass is 16.5. The topological polar surface area (TPSA) is 99.8 Å². The Balaban J connectivity index is 0.00000113. The lowest BCUT2D eigenvalue weighted by Crippen LogP contribution is -2.49. The van der Waals surface area contributed by atoms with Crippen molar-refractivity contribution >= 4 is 23.5 Å². The van der Waals surface area contributed by atoms with Gasteiger partial charge in [0.15, 0.2) is 6.61 Å². The first-order valence-electron chi connectivity index (χ1n) is 11.3. The average Bonchev–Trinajstić information content (AvgIpc) is 2.81. The quantitative estimate of drug-likeness (QED) is 0.639. The Hall–Kier alpha value is -2.61. The van der Waals surface area contributed by atoms with Crippen LogP contribution in [0, 0.1) is 12.8 Å². The van der Waals surface area contributed by atoms with Gasteiger partial charge in [0.25, 0.3) is 5.91 Å². The van der Waals surface area contributed by atoms with Crippen LogP contribution in [0.4, 0.5) is 10.5 Å². The van der Waals surface area contributed by atoms with Gasteiger partial charge in [-0.1, -0.05) is 33.8 Å². The third-order valence-corrected chi connectivity index (χ3v) is 4.94. The summed E-state index contributed by atoms with van der Waals surface area (Å²) in [5.41, 5.74) is 1.56. The lowest BCUT2D eigenvalue weighted by atomic mass is 9.98. The van der Waals surface area contributed by atoms with Crippen LogP contribution in [-0.4, -0.2) is 50.6 Å². The lowest BCUT2D eigenvalue weighted by Gasteiger charge is -2.28. The van der Waals surface area contributed by atoms with Gasteiger partial charge in [-0.15, -0.1) is 0 Å². The maximum atomic E-state index is 12.1. The Kier molecular flexibility index (Phi) is 12.3. The highest BCUT2D eigenvalue weighted by Crippen LogP contribution is 2.27. The first kappa shape index (κ1) is 26.4. The van der Waals surface area contributed by atoms with Crippen LogP contribution in [-0.2, 0) is 9.59 Å². The molecule has 174 valence electrons. The second-order valence-corrected chi connectivity index (χ2v) is 6.99. The molecule has 1 aromatic rings. The smallest absolute Gasteiger partial charge is 0.328 e. The minimum atomic E-state index is -0.439. The van der Waals surface area contributed by atoms with Crippen LogP contribution in [0.5, 0.6) is 5.75 Å². The second-order valence-electron chi connectivity index (χ2n) is 6.99. The number of imide groups is 1. The standard InChI is InChI=1S/C19H26N4O4.2C2H6/c1-13-2-3-15(10-16(13)23-9-6-17(24)22-19(23)26)27-12-18(25)21-11-14-4-7-20-8-5-14;2*1-2/h2-3,10,14,20H,4-9,11-12H2,1H3,(H,21,25)(H,22,24,26);2*1-2H3. The molecule has 0 spiro atoms. The predicted octanol–water partition coefficient (Wildman–Crippen LogP) is 2.99. The molecule has 2 aliphatic rings. The minimum absolute atomic E-state index is 0.0713. The summed E-state index contributed by atoms with van der Waals surface area (Å²) in [7, 11) is 0. The van der Waals surface area contributed by atoms with Gasteiger partial charge in [0.05, 0.1) is 5.69 Å². The fraction of sp³-hybridized carbons (Fsp3) is 0.609. The molecule has 2 aliphatic heterocycles. The normalized spacial score (nSPS) is 16.2. The van der Waals surface area contributed by atoms with Crippen molar-refractivity contribution in [1.29, 1.82) is 0 Å². The van der Waals surface area contributed by atoms with Gasteiger partial charge in [-0.25, -0.2) is 4.79 Å². The van der Waals surface area contributed by atoms with E-state index in [4.69, 9.17) is 4.74 Å². The van der Waals surface area contributed by atoms with Crippen molar-refractivity contribution < 1.29 is 19.1 Å². The lowest BCUT2D eigenvalue weighted by molar-refractivity contribution is -0.123. The zero-order chi connectivity index (χ0) is 23.2. The number of rotatable bonds is 6. The van der Waals surface area contributed by atoms with Crippen LogP contribution in [0.15, 0.2) is 18.2 Å². The first-order valence-corrected chi connectivity index (χ1v) is 11.3. The van der Waals surface area contributed by atoms with Crippen LogP contribution in [0.3, 0.4) is 0 Å². The molecule has 31 heavy (non-hydrogen) atoms. The molecule has 0 aliphatic carbocycles. The summed E-state index contributed by atoms with van der Waals surface area (Å²) in [5, 5.41) is 8.53. The number of benzene rings is 1. The minimum Gasteiger partial charge on any atom is -0.484 e. The number of nitrogens with one attached hydrogen (secondary N) is 3. The number of hydrogen-bond donors (Lipinski definition) is 3. The predicted molar refractivity (Wildman–Crippen MR) is 123 cm³/mol. The molecular weight excluding hydrogens is 396 g/mol. The van der Waals surface area contributed by atoms with Crippen molar-refractivity contribution in [3.8, 4) is 5.75 Å². The number of nitrogens with zero attached hydrogens (tertiary/aromatic N) is 1. The number of ether oxygens (including phenoxy) is 1. The van der Waals surface area contributed by atoms with E-state index in [-0.39, 0.29) is 24.8 Å². The first-order chi connectivity index (χ1) is 15.0. The highest BCUT2D eigenvalue weighted by molar-refractivity contribution is 6.06. The summed E-state index contributed by atoms with van der Waals surface area (Å²) < 4.78 is 5.60. The van der Waals surface area contributed by atoms with E-state index < -0.39 is 6.03 Å². The maximum Gasteiger partial charge on any atom is 0.328 e. The van der Waals surface area contributed by atoms with Gasteiger partial charge in [-0.3, -0.25) is 19.8 Å². The Morgan fingerprint density at radius 3 is 2.48 bits per heavy atom. The van der Waals surface area contributed by atoms with Gasteiger partial charge in [0, 0.05) is 25.6 Å². The van der Waals surface area contributed by atoms with Gasteiger partial charge < -0.3 is 15.4 Å². The number of urea groups is 1. The van der Waals surface area contributed by atoms with E-state index in [2.05, 4.69) is 16.0 Å².